The predicted octanol–water partition coefficient (Wildman–Crippen LogP) is 1.97. The van der Waals surface area contributed by atoms with Crippen LogP contribution in [-0.4, -0.2) is 57.7 Å². The molecule has 164 valence electrons. The molecule has 31 heavy (non-hydrogen) atoms. The summed E-state index contributed by atoms with van der Waals surface area (Å²) < 4.78 is 1.64. The Hall–Kier alpha value is -3.00. The second-order valence-corrected chi connectivity index (χ2v) is 8.44. The Morgan fingerprint density at radius 1 is 1.10 bits per heavy atom. The van der Waals surface area contributed by atoms with Crippen molar-refractivity contribution in [1.82, 2.24) is 19.8 Å². The van der Waals surface area contributed by atoms with Crippen LogP contribution in [-0.2, 0) is 16.6 Å². The number of nitrogens with one attached hydrogen (secondary N) is 2. The molecule has 1 aromatic carbocycles. The van der Waals surface area contributed by atoms with Crippen molar-refractivity contribution in [2.24, 2.45) is 13.0 Å². The summed E-state index contributed by atoms with van der Waals surface area (Å²) in [6.07, 6.45) is 9.13. The number of hydrogen-bond acceptors (Lipinski definition) is 5. The summed E-state index contributed by atoms with van der Waals surface area (Å²) in [5, 5.41) is 5.41. The maximum absolute atomic E-state index is 12.6. The van der Waals surface area contributed by atoms with Gasteiger partial charge in [0.2, 0.25) is 5.78 Å². The van der Waals surface area contributed by atoms with E-state index in [1.54, 1.807) is 48.3 Å². The van der Waals surface area contributed by atoms with Crippen molar-refractivity contribution in [1.29, 1.82) is 0 Å². The summed E-state index contributed by atoms with van der Waals surface area (Å²) in [7, 11) is 1.75. The number of aromatic nitrogens is 2. The molecule has 4 rings (SSSR count). The number of carbonyl (C=O) groups excluding carboxylic acids is 3. The molecule has 0 unspecified atom stereocenters. The lowest BCUT2D eigenvalue weighted by Gasteiger charge is -2.44. The van der Waals surface area contributed by atoms with Gasteiger partial charge in [0, 0.05) is 43.3 Å². The molecule has 2 saturated heterocycles. The highest BCUT2D eigenvalue weighted by Gasteiger charge is 2.33. The van der Waals surface area contributed by atoms with Gasteiger partial charge in [0.25, 0.3) is 0 Å². The van der Waals surface area contributed by atoms with Crippen LogP contribution in [0.4, 0.5) is 5.69 Å². The van der Waals surface area contributed by atoms with Gasteiger partial charge in [-0.3, -0.25) is 14.4 Å². The van der Waals surface area contributed by atoms with Gasteiger partial charge in [0.1, 0.15) is 0 Å². The minimum Gasteiger partial charge on any atom is -0.347 e. The van der Waals surface area contributed by atoms with Crippen molar-refractivity contribution in [3.63, 3.8) is 0 Å². The first-order valence-electron chi connectivity index (χ1n) is 11.0. The Morgan fingerprint density at radius 2 is 1.94 bits per heavy atom. The molecule has 2 amide bonds. The van der Waals surface area contributed by atoms with Gasteiger partial charge < -0.3 is 20.1 Å². The molecule has 2 N–H and O–H groups in total. The van der Waals surface area contributed by atoms with Gasteiger partial charge in [-0.15, -0.1) is 0 Å². The van der Waals surface area contributed by atoms with Crippen molar-refractivity contribution in [2.45, 2.75) is 38.1 Å². The highest BCUT2D eigenvalue weighted by Crippen LogP contribution is 2.30. The number of anilines is 1. The van der Waals surface area contributed by atoms with Crippen molar-refractivity contribution in [3.8, 4) is 0 Å². The first kappa shape index (κ1) is 21.2. The Balaban J connectivity index is 1.33. The smallest absolute Gasteiger partial charge is 0.313 e. The number of piperidine rings is 2. The first-order chi connectivity index (χ1) is 15.0. The normalized spacial score (nSPS) is 21.2. The van der Waals surface area contributed by atoms with E-state index in [1.165, 1.54) is 19.3 Å². The molecule has 8 heteroatoms. The third-order valence-electron chi connectivity index (χ3n) is 6.37. The second-order valence-electron chi connectivity index (χ2n) is 8.44. The highest BCUT2D eigenvalue weighted by molar-refractivity contribution is 6.39. The van der Waals surface area contributed by atoms with Crippen molar-refractivity contribution >= 4 is 23.3 Å². The van der Waals surface area contributed by atoms with Crippen LogP contribution in [0.1, 0.15) is 48.3 Å². The molecule has 0 bridgehead atoms. The van der Waals surface area contributed by atoms with Crippen LogP contribution >= 0.6 is 0 Å². The molecule has 0 aliphatic carbocycles. The zero-order valence-electron chi connectivity index (χ0n) is 17.8. The van der Waals surface area contributed by atoms with Crippen molar-refractivity contribution in [3.05, 3.63) is 48.0 Å². The number of carbonyl (C=O) groups is 3. The number of amides is 2. The zero-order chi connectivity index (χ0) is 21.8. The summed E-state index contributed by atoms with van der Waals surface area (Å²) >= 11 is 0. The maximum Gasteiger partial charge on any atom is 0.313 e. The topological polar surface area (TPSA) is 96.3 Å². The number of ketones is 1. The quantitative estimate of drug-likeness (QED) is 0.566. The molecule has 2 aliphatic heterocycles. The highest BCUT2D eigenvalue weighted by atomic mass is 16.2. The Labute approximate surface area is 182 Å². The number of aryl methyl sites for hydroxylation is 1. The molecule has 8 nitrogen and oxygen atoms in total. The minimum absolute atomic E-state index is 0.248. The molecule has 2 fully saturated rings. The molecule has 0 saturated carbocycles. The summed E-state index contributed by atoms with van der Waals surface area (Å²) in [5.41, 5.74) is 0.795. The van der Waals surface area contributed by atoms with Gasteiger partial charge in [-0.25, -0.2) is 4.98 Å². The van der Waals surface area contributed by atoms with E-state index in [1.807, 2.05) is 0 Å². The van der Waals surface area contributed by atoms with E-state index in [-0.39, 0.29) is 5.78 Å². The van der Waals surface area contributed by atoms with Gasteiger partial charge in [-0.2, -0.15) is 0 Å². The Morgan fingerprint density at radius 3 is 2.74 bits per heavy atom. The Bertz CT molecular complexity index is 968. The van der Waals surface area contributed by atoms with Crippen LogP contribution in [0.15, 0.2) is 36.7 Å². The van der Waals surface area contributed by atoms with E-state index >= 15 is 0 Å². The van der Waals surface area contributed by atoms with Gasteiger partial charge >= 0.3 is 11.8 Å². The number of benzene rings is 1. The zero-order valence-corrected chi connectivity index (χ0v) is 17.8. The molecule has 2 aromatic rings. The third-order valence-corrected chi connectivity index (χ3v) is 6.37. The first-order valence-corrected chi connectivity index (χ1v) is 11.0. The van der Waals surface area contributed by atoms with Crippen LogP contribution in [0.25, 0.3) is 0 Å². The number of nitrogens with zero attached hydrogens (tertiary/aromatic N) is 3. The van der Waals surface area contributed by atoms with E-state index in [4.69, 9.17) is 0 Å². The molecule has 2 aliphatic rings. The Kier molecular flexibility index (Phi) is 6.46. The van der Waals surface area contributed by atoms with Crippen LogP contribution in [0, 0.1) is 5.92 Å². The van der Waals surface area contributed by atoms with Gasteiger partial charge in [0.15, 0.2) is 5.82 Å². The number of imidazole rings is 1. The van der Waals surface area contributed by atoms with Crippen molar-refractivity contribution < 1.29 is 14.4 Å². The summed E-state index contributed by atoms with van der Waals surface area (Å²) in [5.74, 6) is -0.913. The molecule has 2 atom stereocenters. The average molecular weight is 424 g/mol. The van der Waals surface area contributed by atoms with Crippen LogP contribution in [0.5, 0.6) is 0 Å². The third kappa shape index (κ3) is 4.85. The molecular weight excluding hydrogens is 394 g/mol. The standard InChI is InChI=1S/C23H29N5O3/c1-27-13-10-24-21(27)20(29)16-6-4-8-18(14-16)26-23(31)22(30)25-15-17-7-5-12-28-11-3-2-9-19(17)28/h4,6,8,10,13-14,17,19H,2-3,5,7,9,11-12,15H2,1H3,(H,25,30)(H,26,31)/t17-,19-/m1/s1. The van der Waals surface area contributed by atoms with E-state index in [0.29, 0.717) is 35.6 Å². The second kappa shape index (κ2) is 9.43. The molecule has 1 aromatic heterocycles. The van der Waals surface area contributed by atoms with Crippen LogP contribution < -0.4 is 10.6 Å². The monoisotopic (exact) mass is 423 g/mol. The van der Waals surface area contributed by atoms with E-state index in [9.17, 15) is 14.4 Å². The van der Waals surface area contributed by atoms with Crippen molar-refractivity contribution in [2.75, 3.05) is 25.0 Å². The fourth-order valence-electron chi connectivity index (χ4n) is 4.76. The molecule has 0 spiro atoms. The fourth-order valence-corrected chi connectivity index (χ4v) is 4.76. The molecule has 3 heterocycles. The fraction of sp³-hybridized carbons (Fsp3) is 0.478. The minimum atomic E-state index is -0.724. The largest absolute Gasteiger partial charge is 0.347 e. The predicted molar refractivity (Wildman–Crippen MR) is 117 cm³/mol. The van der Waals surface area contributed by atoms with Crippen LogP contribution in [0.2, 0.25) is 0 Å². The SMILES string of the molecule is Cn1ccnc1C(=O)c1cccc(NC(=O)C(=O)NC[C@H]2CCCN3CCCC[C@H]23)c1. The van der Waals surface area contributed by atoms with Crippen LogP contribution in [0.3, 0.4) is 0 Å². The lowest BCUT2D eigenvalue weighted by atomic mass is 9.83. The maximum atomic E-state index is 12.6. The lowest BCUT2D eigenvalue weighted by molar-refractivity contribution is -0.136. The average Bonchev–Trinajstić information content (AvgIpc) is 3.22. The lowest BCUT2D eigenvalue weighted by Crippen LogP contribution is -2.51. The van der Waals surface area contributed by atoms with Gasteiger partial charge in [0.05, 0.1) is 0 Å². The van der Waals surface area contributed by atoms with Gasteiger partial charge in [-0.1, -0.05) is 18.6 Å². The van der Waals surface area contributed by atoms with E-state index in [2.05, 4.69) is 20.5 Å². The van der Waals surface area contributed by atoms with E-state index < -0.39 is 11.8 Å². The van der Waals surface area contributed by atoms with E-state index in [0.717, 1.165) is 25.9 Å². The number of fused-ring (bicyclic) bond motifs is 1. The summed E-state index contributed by atoms with van der Waals surface area (Å²) in [6.45, 7) is 2.80. The number of rotatable bonds is 5. The number of hydrogen-bond donors (Lipinski definition) is 2. The molecule has 0 radical (unpaired) electrons. The van der Waals surface area contributed by atoms with Gasteiger partial charge in [-0.05, 0) is 56.8 Å². The summed E-state index contributed by atoms with van der Waals surface area (Å²) in [4.78, 5) is 44.0. The summed E-state index contributed by atoms with van der Waals surface area (Å²) in [6, 6.07) is 7.06. The molecular formula is C23H29N5O3.